The average molecular weight is 459 g/mol. The van der Waals surface area contributed by atoms with Crippen LogP contribution in [-0.4, -0.2) is 45.7 Å². The Hall–Kier alpha value is -2.11. The van der Waals surface area contributed by atoms with Gasteiger partial charge in [-0.3, -0.25) is 0 Å². The first kappa shape index (κ1) is 26.1. The van der Waals surface area contributed by atoms with Gasteiger partial charge in [0.05, 0.1) is 12.1 Å². The highest BCUT2D eigenvalue weighted by Gasteiger charge is 2.17. The Balaban J connectivity index is 0.000000451. The number of ether oxygens (including phenoxy) is 1. The molecule has 0 spiro atoms. The number of pyridine rings is 1. The molecule has 0 aliphatic heterocycles. The minimum Gasteiger partial charge on any atom is -0.492 e. The number of hydrogen-bond acceptors (Lipinski definition) is 4. The van der Waals surface area contributed by atoms with Crippen LogP contribution in [0.1, 0.15) is 57.6 Å². The molecule has 6 heteroatoms. The molecule has 0 amide bonds. The van der Waals surface area contributed by atoms with E-state index in [1.54, 1.807) is 0 Å². The quantitative estimate of drug-likeness (QED) is 0.326. The molecule has 0 aliphatic rings. The van der Waals surface area contributed by atoms with E-state index in [2.05, 4.69) is 49.1 Å². The van der Waals surface area contributed by atoms with Crippen molar-refractivity contribution in [2.75, 3.05) is 26.2 Å². The van der Waals surface area contributed by atoms with E-state index in [1.807, 2.05) is 37.3 Å². The third kappa shape index (κ3) is 6.94. The first-order valence-corrected chi connectivity index (χ1v) is 12.3. The van der Waals surface area contributed by atoms with E-state index in [9.17, 15) is 0 Å². The third-order valence-corrected chi connectivity index (χ3v) is 6.09. The summed E-state index contributed by atoms with van der Waals surface area (Å²) in [5, 5.41) is 0.485. The van der Waals surface area contributed by atoms with Gasteiger partial charge in [-0.25, -0.2) is 9.97 Å². The lowest BCUT2D eigenvalue weighted by atomic mass is 10.2. The molecule has 32 heavy (non-hydrogen) atoms. The highest BCUT2D eigenvalue weighted by Crippen LogP contribution is 2.28. The number of aromatic nitrogens is 3. The number of nitrogens with zero attached hydrogens (tertiary/aromatic N) is 4. The Kier molecular flexibility index (Phi) is 11.0. The lowest BCUT2D eigenvalue weighted by Crippen LogP contribution is -2.21. The van der Waals surface area contributed by atoms with Crippen LogP contribution >= 0.6 is 11.6 Å². The smallest absolute Gasteiger partial charge is 0.157 e. The van der Waals surface area contributed by atoms with Crippen LogP contribution in [0.4, 0.5) is 0 Å². The summed E-state index contributed by atoms with van der Waals surface area (Å²) in [6.07, 6.45) is 3.17. The lowest BCUT2D eigenvalue weighted by molar-refractivity contribution is 0.298. The summed E-state index contributed by atoms with van der Waals surface area (Å²) in [6, 6.07) is 9.89. The van der Waals surface area contributed by atoms with Crippen LogP contribution < -0.4 is 4.74 Å². The molecule has 5 nitrogen and oxygen atoms in total. The van der Waals surface area contributed by atoms with Gasteiger partial charge >= 0.3 is 0 Å². The molecule has 0 saturated heterocycles. The molecular weight excluding hydrogens is 420 g/mol. The van der Waals surface area contributed by atoms with Gasteiger partial charge in [-0.05, 0) is 57.6 Å². The monoisotopic (exact) mass is 458 g/mol. The number of imidazole rings is 1. The van der Waals surface area contributed by atoms with Gasteiger partial charge in [0.1, 0.15) is 23.7 Å². The first-order valence-electron chi connectivity index (χ1n) is 11.9. The highest BCUT2D eigenvalue weighted by atomic mass is 35.5. The fourth-order valence-electron chi connectivity index (χ4n) is 3.69. The van der Waals surface area contributed by atoms with Crippen LogP contribution in [0.2, 0.25) is 5.15 Å². The topological polar surface area (TPSA) is 43.2 Å². The fourth-order valence-corrected chi connectivity index (χ4v) is 3.95. The number of hydrogen-bond donors (Lipinski definition) is 0. The van der Waals surface area contributed by atoms with E-state index in [-0.39, 0.29) is 0 Å². The molecule has 2 heterocycles. The Morgan fingerprint density at radius 3 is 2.19 bits per heavy atom. The van der Waals surface area contributed by atoms with Crippen molar-refractivity contribution < 1.29 is 4.74 Å². The maximum absolute atomic E-state index is 6.37. The van der Waals surface area contributed by atoms with Crippen molar-refractivity contribution >= 4 is 22.6 Å². The number of aryl methyl sites for hydroxylation is 3. The highest BCUT2D eigenvalue weighted by molar-refractivity contribution is 6.33. The predicted molar refractivity (Wildman–Crippen MR) is 136 cm³/mol. The van der Waals surface area contributed by atoms with E-state index in [1.165, 1.54) is 19.6 Å². The number of fused-ring (bicyclic) bond motifs is 1. The third-order valence-electron chi connectivity index (χ3n) is 5.83. The number of rotatable bonds is 10. The second-order valence-corrected chi connectivity index (χ2v) is 8.23. The van der Waals surface area contributed by atoms with E-state index in [0.717, 1.165) is 59.7 Å². The zero-order chi connectivity index (χ0) is 23.5. The molecule has 0 atom stereocenters. The molecule has 0 fully saturated rings. The number of halogens is 1. The van der Waals surface area contributed by atoms with Gasteiger partial charge in [0.2, 0.25) is 0 Å². The van der Waals surface area contributed by atoms with E-state index >= 15 is 0 Å². The van der Waals surface area contributed by atoms with Crippen LogP contribution in [0.3, 0.4) is 0 Å². The summed E-state index contributed by atoms with van der Waals surface area (Å²) in [5.41, 5.74) is 3.97. The van der Waals surface area contributed by atoms with Gasteiger partial charge in [0.15, 0.2) is 5.15 Å². The number of benzene rings is 1. The molecule has 1 aromatic carbocycles. The molecule has 0 aliphatic carbocycles. The van der Waals surface area contributed by atoms with Crippen molar-refractivity contribution in [2.45, 2.75) is 67.3 Å². The van der Waals surface area contributed by atoms with Gasteiger partial charge in [-0.2, -0.15) is 0 Å². The molecule has 3 aromatic rings. The summed E-state index contributed by atoms with van der Waals surface area (Å²) in [6.45, 7) is 17.7. The summed E-state index contributed by atoms with van der Waals surface area (Å²) >= 11 is 6.37. The molecule has 0 saturated carbocycles. The van der Waals surface area contributed by atoms with E-state index in [0.29, 0.717) is 11.8 Å². The lowest BCUT2D eigenvalue weighted by Gasteiger charge is -2.13. The van der Waals surface area contributed by atoms with Crippen LogP contribution in [0.15, 0.2) is 30.3 Å². The van der Waals surface area contributed by atoms with E-state index < -0.39 is 0 Å². The Bertz CT molecular complexity index is 946. The summed E-state index contributed by atoms with van der Waals surface area (Å²) < 4.78 is 8.14. The van der Waals surface area contributed by atoms with Gasteiger partial charge in [0.25, 0.3) is 0 Å². The molecule has 0 N–H and O–H groups in total. The maximum atomic E-state index is 6.37. The largest absolute Gasteiger partial charge is 0.492 e. The molecule has 0 unspecified atom stereocenters. The second kappa shape index (κ2) is 13.4. The van der Waals surface area contributed by atoms with Crippen molar-refractivity contribution in [1.29, 1.82) is 0 Å². The fraction of sp³-hybridized carbons (Fsp3) is 0.538. The average Bonchev–Trinajstić information content (AvgIpc) is 3.17. The zero-order valence-electron chi connectivity index (χ0n) is 20.6. The molecular formula is C26H39ClN4O. The van der Waals surface area contributed by atoms with Crippen molar-refractivity contribution in [3.63, 3.8) is 0 Å². The van der Waals surface area contributed by atoms with Gasteiger partial charge in [-0.1, -0.05) is 63.9 Å². The molecule has 3 rings (SSSR count). The minimum atomic E-state index is 0.485. The normalized spacial score (nSPS) is 11.0. The van der Waals surface area contributed by atoms with Gasteiger partial charge in [0, 0.05) is 12.1 Å². The van der Waals surface area contributed by atoms with Crippen molar-refractivity contribution in [2.24, 2.45) is 0 Å². The van der Waals surface area contributed by atoms with Crippen molar-refractivity contribution in [1.82, 2.24) is 19.4 Å². The first-order chi connectivity index (χ1) is 15.5. The molecule has 0 radical (unpaired) electrons. The van der Waals surface area contributed by atoms with Crippen LogP contribution in [-0.2, 0) is 13.0 Å². The molecule has 0 bridgehead atoms. The summed E-state index contributed by atoms with van der Waals surface area (Å²) in [5.74, 6) is 1.94. The Morgan fingerprint density at radius 1 is 0.969 bits per heavy atom. The Labute approximate surface area is 198 Å². The van der Waals surface area contributed by atoms with Crippen LogP contribution in [0.25, 0.3) is 11.0 Å². The molecule has 2 aromatic heterocycles. The standard InChI is InChI=1S/C20H24ClN3O.C6H15N/c1-4-5-11-17-23-18-19(14(2)15(3)22-20(18)21)24(17)12-13-25-16-9-7-6-8-10-16;1-4-7(5-2)6-3/h6-10H,4-5,11-13H2,1-3H3;4-6H2,1-3H3. The SMILES string of the molecule is CCCCc1nc2c(Cl)nc(C)c(C)c2n1CCOc1ccccc1.CCN(CC)CC. The van der Waals surface area contributed by atoms with Crippen LogP contribution in [0, 0.1) is 13.8 Å². The van der Waals surface area contributed by atoms with Gasteiger partial charge in [-0.15, -0.1) is 0 Å². The number of para-hydroxylation sites is 1. The summed E-state index contributed by atoms with van der Waals surface area (Å²) in [4.78, 5) is 11.6. The number of unbranched alkanes of at least 4 members (excludes halogenated alkanes) is 1. The maximum Gasteiger partial charge on any atom is 0.157 e. The van der Waals surface area contributed by atoms with Crippen molar-refractivity contribution in [3.05, 3.63) is 52.6 Å². The predicted octanol–water partition coefficient (Wildman–Crippen LogP) is 6.47. The zero-order valence-corrected chi connectivity index (χ0v) is 21.4. The van der Waals surface area contributed by atoms with E-state index in [4.69, 9.17) is 21.3 Å². The van der Waals surface area contributed by atoms with Crippen molar-refractivity contribution in [3.8, 4) is 5.75 Å². The minimum absolute atomic E-state index is 0.485. The Morgan fingerprint density at radius 2 is 1.62 bits per heavy atom. The van der Waals surface area contributed by atoms with Crippen LogP contribution in [0.5, 0.6) is 5.75 Å². The second-order valence-electron chi connectivity index (χ2n) is 7.87. The van der Waals surface area contributed by atoms with Gasteiger partial charge < -0.3 is 14.2 Å². The summed E-state index contributed by atoms with van der Waals surface area (Å²) in [7, 11) is 0. The molecule has 176 valence electrons.